The van der Waals surface area contributed by atoms with Crippen molar-refractivity contribution in [3.8, 4) is 5.75 Å². The average Bonchev–Trinajstić information content (AvgIpc) is 2.80. The molecule has 4 heteroatoms. The van der Waals surface area contributed by atoms with E-state index in [0.29, 0.717) is 0 Å². The summed E-state index contributed by atoms with van der Waals surface area (Å²) in [7, 11) is 0. The van der Waals surface area contributed by atoms with E-state index in [9.17, 15) is 9.50 Å². The highest BCUT2D eigenvalue weighted by Crippen LogP contribution is 2.33. The highest BCUT2D eigenvalue weighted by Gasteiger charge is 2.30. The SMILES string of the molecule is N[C@H](c1ccc(O)cc1F)[C@@H](O)C1CCCC1. The third kappa shape index (κ3) is 2.58. The summed E-state index contributed by atoms with van der Waals surface area (Å²) in [6.07, 6.45) is 3.40. The topological polar surface area (TPSA) is 66.5 Å². The maximum atomic E-state index is 13.6. The van der Waals surface area contributed by atoms with Crippen LogP contribution in [0, 0.1) is 11.7 Å². The lowest BCUT2D eigenvalue weighted by atomic mass is 9.90. The standard InChI is InChI=1S/C13H18FNO2/c14-11-7-9(16)5-6-10(11)12(15)13(17)8-3-1-2-4-8/h5-8,12-13,16-17H,1-4,15H2/t12-,13+/m1/s1. The predicted molar refractivity (Wildman–Crippen MR) is 63.0 cm³/mol. The second-order valence-corrected chi connectivity index (χ2v) is 4.77. The molecule has 0 spiro atoms. The molecule has 0 saturated heterocycles. The molecule has 0 amide bonds. The van der Waals surface area contributed by atoms with Gasteiger partial charge in [0.05, 0.1) is 12.1 Å². The number of phenolic OH excluding ortho intramolecular Hbond substituents is 1. The van der Waals surface area contributed by atoms with E-state index in [1.807, 2.05) is 0 Å². The Morgan fingerprint density at radius 3 is 2.53 bits per heavy atom. The van der Waals surface area contributed by atoms with Gasteiger partial charge < -0.3 is 15.9 Å². The van der Waals surface area contributed by atoms with Gasteiger partial charge in [0.1, 0.15) is 11.6 Å². The molecule has 2 atom stereocenters. The van der Waals surface area contributed by atoms with Crippen LogP contribution in [0.25, 0.3) is 0 Å². The molecule has 17 heavy (non-hydrogen) atoms. The molecule has 0 radical (unpaired) electrons. The first-order chi connectivity index (χ1) is 8.09. The fraction of sp³-hybridized carbons (Fsp3) is 0.538. The van der Waals surface area contributed by atoms with Crippen molar-refractivity contribution in [2.75, 3.05) is 0 Å². The second kappa shape index (κ2) is 5.02. The molecule has 2 rings (SSSR count). The molecular formula is C13H18FNO2. The van der Waals surface area contributed by atoms with Crippen LogP contribution in [0.5, 0.6) is 5.75 Å². The zero-order chi connectivity index (χ0) is 12.4. The minimum absolute atomic E-state index is 0.131. The van der Waals surface area contributed by atoms with Gasteiger partial charge in [-0.05, 0) is 24.8 Å². The molecule has 0 unspecified atom stereocenters. The third-order valence-corrected chi connectivity index (χ3v) is 3.59. The number of rotatable bonds is 3. The van der Waals surface area contributed by atoms with Crippen molar-refractivity contribution >= 4 is 0 Å². The van der Waals surface area contributed by atoms with Gasteiger partial charge >= 0.3 is 0 Å². The Morgan fingerprint density at radius 2 is 1.94 bits per heavy atom. The summed E-state index contributed by atoms with van der Waals surface area (Å²) in [6, 6.07) is 3.13. The number of hydrogen-bond acceptors (Lipinski definition) is 3. The molecule has 1 aromatic rings. The van der Waals surface area contributed by atoms with E-state index in [4.69, 9.17) is 10.8 Å². The summed E-state index contributed by atoms with van der Waals surface area (Å²) in [4.78, 5) is 0. The molecule has 1 saturated carbocycles. The maximum Gasteiger partial charge on any atom is 0.131 e. The Hall–Kier alpha value is -1.13. The molecule has 94 valence electrons. The Kier molecular flexibility index (Phi) is 3.64. The van der Waals surface area contributed by atoms with Crippen LogP contribution in [0.4, 0.5) is 4.39 Å². The molecule has 3 nitrogen and oxygen atoms in total. The summed E-state index contributed by atoms with van der Waals surface area (Å²) in [6.45, 7) is 0. The van der Waals surface area contributed by atoms with Crippen LogP contribution < -0.4 is 5.73 Å². The lowest BCUT2D eigenvalue weighted by molar-refractivity contribution is 0.0832. The van der Waals surface area contributed by atoms with Gasteiger partial charge in [-0.25, -0.2) is 4.39 Å². The molecule has 0 aromatic heterocycles. The van der Waals surface area contributed by atoms with Crippen LogP contribution in [-0.2, 0) is 0 Å². The van der Waals surface area contributed by atoms with Gasteiger partial charge in [-0.2, -0.15) is 0 Å². The summed E-state index contributed by atoms with van der Waals surface area (Å²) in [5.41, 5.74) is 6.16. The van der Waals surface area contributed by atoms with Crippen LogP contribution >= 0.6 is 0 Å². The van der Waals surface area contributed by atoms with Crippen LogP contribution in [-0.4, -0.2) is 16.3 Å². The van der Waals surface area contributed by atoms with Crippen molar-refractivity contribution in [3.05, 3.63) is 29.6 Å². The lowest BCUT2D eigenvalue weighted by Gasteiger charge is -2.24. The lowest BCUT2D eigenvalue weighted by Crippen LogP contribution is -2.32. The van der Waals surface area contributed by atoms with Crippen LogP contribution in [0.1, 0.15) is 37.3 Å². The second-order valence-electron chi connectivity index (χ2n) is 4.77. The first kappa shape index (κ1) is 12.3. The van der Waals surface area contributed by atoms with E-state index >= 15 is 0 Å². The molecular weight excluding hydrogens is 221 g/mol. The molecule has 1 aliphatic rings. The van der Waals surface area contributed by atoms with Gasteiger partial charge in [0.15, 0.2) is 0 Å². The minimum Gasteiger partial charge on any atom is -0.508 e. The van der Waals surface area contributed by atoms with Crippen molar-refractivity contribution in [1.29, 1.82) is 0 Å². The number of phenols is 1. The number of halogens is 1. The Labute approximate surface area is 100 Å². The average molecular weight is 239 g/mol. The molecule has 1 aliphatic carbocycles. The maximum absolute atomic E-state index is 13.6. The summed E-state index contributed by atoms with van der Waals surface area (Å²) >= 11 is 0. The Morgan fingerprint density at radius 1 is 1.29 bits per heavy atom. The van der Waals surface area contributed by atoms with Gasteiger partial charge in [-0.1, -0.05) is 18.9 Å². The number of hydrogen-bond donors (Lipinski definition) is 3. The van der Waals surface area contributed by atoms with Crippen molar-refractivity contribution in [2.24, 2.45) is 11.7 Å². The number of nitrogens with two attached hydrogens (primary N) is 1. The van der Waals surface area contributed by atoms with Crippen LogP contribution in [0.15, 0.2) is 18.2 Å². The van der Waals surface area contributed by atoms with Crippen LogP contribution in [0.3, 0.4) is 0 Å². The number of aliphatic hydroxyl groups is 1. The van der Waals surface area contributed by atoms with Gasteiger partial charge in [-0.15, -0.1) is 0 Å². The zero-order valence-electron chi connectivity index (χ0n) is 9.64. The van der Waals surface area contributed by atoms with Crippen molar-refractivity contribution in [2.45, 2.75) is 37.8 Å². The fourth-order valence-corrected chi connectivity index (χ4v) is 2.56. The molecule has 0 aliphatic heterocycles. The highest BCUT2D eigenvalue weighted by atomic mass is 19.1. The first-order valence-electron chi connectivity index (χ1n) is 6.01. The fourth-order valence-electron chi connectivity index (χ4n) is 2.56. The van der Waals surface area contributed by atoms with Crippen molar-refractivity contribution < 1.29 is 14.6 Å². The molecule has 1 aromatic carbocycles. The van der Waals surface area contributed by atoms with Gasteiger partial charge in [-0.3, -0.25) is 0 Å². The quantitative estimate of drug-likeness (QED) is 0.756. The summed E-state index contributed by atoms with van der Waals surface area (Å²) in [5.74, 6) is -0.526. The van der Waals surface area contributed by atoms with E-state index < -0.39 is 18.0 Å². The third-order valence-electron chi connectivity index (χ3n) is 3.59. The number of aromatic hydroxyl groups is 1. The van der Waals surface area contributed by atoms with Crippen molar-refractivity contribution in [1.82, 2.24) is 0 Å². The molecule has 0 heterocycles. The molecule has 4 N–H and O–H groups in total. The van der Waals surface area contributed by atoms with Crippen LogP contribution in [0.2, 0.25) is 0 Å². The van der Waals surface area contributed by atoms with Crippen molar-refractivity contribution in [3.63, 3.8) is 0 Å². The first-order valence-corrected chi connectivity index (χ1v) is 6.01. The predicted octanol–water partition coefficient (Wildman–Crippen LogP) is 2.08. The summed E-state index contributed by atoms with van der Waals surface area (Å²) < 4.78 is 13.6. The van der Waals surface area contributed by atoms with E-state index in [0.717, 1.165) is 31.7 Å². The normalized spacial score (nSPS) is 20.4. The highest BCUT2D eigenvalue weighted by molar-refractivity contribution is 5.30. The smallest absolute Gasteiger partial charge is 0.131 e. The Bertz CT molecular complexity index is 391. The largest absolute Gasteiger partial charge is 0.508 e. The van der Waals surface area contributed by atoms with Gasteiger partial charge in [0.25, 0.3) is 0 Å². The monoisotopic (exact) mass is 239 g/mol. The van der Waals surface area contributed by atoms with Gasteiger partial charge in [0, 0.05) is 11.6 Å². The minimum atomic E-state index is -0.723. The summed E-state index contributed by atoms with van der Waals surface area (Å²) in [5, 5.41) is 19.2. The number of benzene rings is 1. The van der Waals surface area contributed by atoms with E-state index in [2.05, 4.69) is 0 Å². The molecule has 0 bridgehead atoms. The van der Waals surface area contributed by atoms with E-state index in [1.54, 1.807) is 0 Å². The Balaban J connectivity index is 2.15. The van der Waals surface area contributed by atoms with E-state index in [-0.39, 0.29) is 17.2 Å². The van der Waals surface area contributed by atoms with Gasteiger partial charge in [0.2, 0.25) is 0 Å². The van der Waals surface area contributed by atoms with E-state index in [1.165, 1.54) is 12.1 Å². The number of aliphatic hydroxyl groups excluding tert-OH is 1. The molecule has 1 fully saturated rings. The zero-order valence-corrected chi connectivity index (χ0v) is 9.64.